The number of esters is 1. The Kier molecular flexibility index (Phi) is 11.3. The Balaban J connectivity index is 1.60. The molecule has 0 saturated carbocycles. The average Bonchev–Trinajstić information content (AvgIpc) is 3.38. The van der Waals surface area contributed by atoms with Crippen molar-refractivity contribution in [3.8, 4) is 11.5 Å². The van der Waals surface area contributed by atoms with Gasteiger partial charge in [0.05, 0.1) is 24.8 Å². The number of carbonyl (C=O) groups is 3. The van der Waals surface area contributed by atoms with E-state index < -0.39 is 28.2 Å². The number of ether oxygens (including phenoxy) is 3. The van der Waals surface area contributed by atoms with E-state index in [1.807, 2.05) is 0 Å². The highest BCUT2D eigenvalue weighted by Crippen LogP contribution is 2.31. The SMILES string of the molecule is CCCCCCCOc1ccc(C(=O)Oc2ccc([N+]3(C(=O)[O-])C=CN=C3CCN(C)C(=O)OC(C)(C)C)cc2)cc1. The number of hydrogen-bond acceptors (Lipinski definition) is 8. The molecule has 2 amide bonds. The van der Waals surface area contributed by atoms with E-state index in [1.54, 1.807) is 64.2 Å². The Morgan fingerprint density at radius 2 is 1.57 bits per heavy atom. The maximum absolute atomic E-state index is 12.7. The topological polar surface area (TPSA) is 118 Å². The second kappa shape index (κ2) is 14.6. The fourth-order valence-electron chi connectivity index (χ4n) is 4.34. The molecule has 0 radical (unpaired) electrons. The van der Waals surface area contributed by atoms with Gasteiger partial charge in [-0.2, -0.15) is 4.48 Å². The zero-order valence-corrected chi connectivity index (χ0v) is 25.1. The molecule has 0 spiro atoms. The van der Waals surface area contributed by atoms with Crippen molar-refractivity contribution >= 4 is 29.7 Å². The number of quaternary nitrogens is 1. The number of rotatable bonds is 13. The van der Waals surface area contributed by atoms with Crippen molar-refractivity contribution in [3.63, 3.8) is 0 Å². The molecule has 3 rings (SSSR count). The van der Waals surface area contributed by atoms with Crippen LogP contribution < -0.4 is 19.1 Å². The summed E-state index contributed by atoms with van der Waals surface area (Å²) >= 11 is 0. The molecule has 2 aromatic rings. The van der Waals surface area contributed by atoms with Crippen LogP contribution in [0.25, 0.3) is 0 Å². The smallest absolute Gasteiger partial charge is 0.410 e. The molecule has 1 aliphatic rings. The van der Waals surface area contributed by atoms with E-state index in [-0.39, 0.29) is 24.6 Å². The second-order valence-electron chi connectivity index (χ2n) is 11.2. The molecule has 0 N–H and O–H groups in total. The Labute approximate surface area is 247 Å². The van der Waals surface area contributed by atoms with Crippen molar-refractivity contribution in [1.82, 2.24) is 9.38 Å². The molecule has 0 saturated heterocycles. The number of carbonyl (C=O) groups excluding carboxylic acids is 3. The summed E-state index contributed by atoms with van der Waals surface area (Å²) in [4.78, 5) is 43.1. The average molecular weight is 580 g/mol. The van der Waals surface area contributed by atoms with Crippen molar-refractivity contribution < 1.29 is 33.7 Å². The minimum Gasteiger partial charge on any atom is -0.497 e. The molecule has 0 bridgehead atoms. The van der Waals surface area contributed by atoms with E-state index >= 15 is 0 Å². The monoisotopic (exact) mass is 579 g/mol. The van der Waals surface area contributed by atoms with E-state index in [0.717, 1.165) is 12.8 Å². The molecule has 0 aliphatic carbocycles. The predicted molar refractivity (Wildman–Crippen MR) is 159 cm³/mol. The van der Waals surface area contributed by atoms with Gasteiger partial charge in [0, 0.05) is 25.7 Å². The van der Waals surface area contributed by atoms with Gasteiger partial charge < -0.3 is 29.0 Å². The highest BCUT2D eigenvalue weighted by Gasteiger charge is 2.41. The number of hydrogen-bond donors (Lipinski definition) is 0. The quantitative estimate of drug-likeness (QED) is 0.123. The van der Waals surface area contributed by atoms with Crippen molar-refractivity contribution in [3.05, 3.63) is 66.5 Å². The van der Waals surface area contributed by atoms with Gasteiger partial charge in [0.1, 0.15) is 29.0 Å². The Hall–Kier alpha value is -4.18. The summed E-state index contributed by atoms with van der Waals surface area (Å²) < 4.78 is 15.8. The zero-order chi connectivity index (χ0) is 30.8. The maximum atomic E-state index is 12.7. The predicted octanol–water partition coefficient (Wildman–Crippen LogP) is 6.05. The van der Waals surface area contributed by atoms with E-state index in [1.165, 1.54) is 48.7 Å². The van der Waals surface area contributed by atoms with Crippen molar-refractivity contribution in [1.29, 1.82) is 0 Å². The van der Waals surface area contributed by atoms with Crippen LogP contribution in [-0.4, -0.2) is 54.7 Å². The van der Waals surface area contributed by atoms with Gasteiger partial charge in [-0.05, 0) is 63.6 Å². The molecule has 10 heteroatoms. The largest absolute Gasteiger partial charge is 0.497 e. The van der Waals surface area contributed by atoms with Gasteiger partial charge in [-0.3, -0.25) is 0 Å². The van der Waals surface area contributed by atoms with Gasteiger partial charge in [0.2, 0.25) is 5.84 Å². The fourth-order valence-corrected chi connectivity index (χ4v) is 4.34. The molecule has 10 nitrogen and oxygen atoms in total. The van der Waals surface area contributed by atoms with Gasteiger partial charge in [0.15, 0.2) is 0 Å². The molecule has 0 aromatic heterocycles. The fraction of sp³-hybridized carbons (Fsp3) is 0.438. The third kappa shape index (κ3) is 8.66. The number of amides is 2. The number of unbranched alkanes of at least 4 members (excludes halogenated alkanes) is 4. The summed E-state index contributed by atoms with van der Waals surface area (Å²) in [5.74, 6) is 0.652. The van der Waals surface area contributed by atoms with Crippen LogP contribution in [0.4, 0.5) is 15.3 Å². The third-order valence-corrected chi connectivity index (χ3v) is 6.65. The highest BCUT2D eigenvalue weighted by molar-refractivity contribution is 6.10. The Morgan fingerprint density at radius 1 is 0.929 bits per heavy atom. The van der Waals surface area contributed by atoms with E-state index in [2.05, 4.69) is 11.9 Å². The van der Waals surface area contributed by atoms with Crippen LogP contribution in [-0.2, 0) is 4.74 Å². The lowest BCUT2D eigenvalue weighted by molar-refractivity contribution is -0.257. The molecule has 2 aromatic carbocycles. The van der Waals surface area contributed by atoms with Crippen LogP contribution >= 0.6 is 0 Å². The van der Waals surface area contributed by atoms with Crippen molar-refractivity contribution in [2.75, 3.05) is 20.2 Å². The van der Waals surface area contributed by atoms with Crippen LogP contribution in [0.15, 0.2) is 65.9 Å². The normalized spacial score (nSPS) is 16.1. The van der Waals surface area contributed by atoms with Crippen LogP contribution in [0.5, 0.6) is 11.5 Å². The Bertz CT molecular complexity index is 1280. The number of nitrogens with zero attached hydrogens (tertiary/aromatic N) is 3. The lowest BCUT2D eigenvalue weighted by atomic mass is 10.2. The molecule has 42 heavy (non-hydrogen) atoms. The summed E-state index contributed by atoms with van der Waals surface area (Å²) in [5.41, 5.74) is 0.0378. The first-order chi connectivity index (χ1) is 20.0. The maximum Gasteiger partial charge on any atom is 0.410 e. The highest BCUT2D eigenvalue weighted by atomic mass is 16.6. The zero-order valence-electron chi connectivity index (χ0n) is 25.1. The molecule has 1 heterocycles. The first-order valence-electron chi connectivity index (χ1n) is 14.3. The Morgan fingerprint density at radius 3 is 2.19 bits per heavy atom. The molecular weight excluding hydrogens is 538 g/mol. The minimum atomic E-state index is -1.41. The van der Waals surface area contributed by atoms with Gasteiger partial charge in [0.25, 0.3) is 6.09 Å². The number of aliphatic imine (C=N–C) groups is 1. The number of carboxylic acid groups (broad SMARTS) is 1. The summed E-state index contributed by atoms with van der Waals surface area (Å²) in [6, 6.07) is 12.9. The molecule has 1 unspecified atom stereocenters. The minimum absolute atomic E-state index is 0.159. The molecule has 1 aliphatic heterocycles. The molecular formula is C32H41N3O7. The third-order valence-electron chi connectivity index (χ3n) is 6.65. The summed E-state index contributed by atoms with van der Waals surface area (Å²) in [6.07, 6.45) is 6.79. The number of amidine groups is 1. The van der Waals surface area contributed by atoms with Crippen LogP contribution in [0.1, 0.15) is 76.6 Å². The number of benzene rings is 2. The van der Waals surface area contributed by atoms with Crippen LogP contribution in [0.3, 0.4) is 0 Å². The first-order valence-corrected chi connectivity index (χ1v) is 14.3. The summed E-state index contributed by atoms with van der Waals surface area (Å²) in [7, 11) is 1.57. The van der Waals surface area contributed by atoms with E-state index in [0.29, 0.717) is 23.6 Å². The van der Waals surface area contributed by atoms with Crippen molar-refractivity contribution in [2.45, 2.75) is 71.8 Å². The van der Waals surface area contributed by atoms with Gasteiger partial charge in [-0.25, -0.2) is 14.6 Å². The first kappa shape index (κ1) is 32.3. The summed E-state index contributed by atoms with van der Waals surface area (Å²) in [5, 5.41) is 12.4. The standard InChI is InChI=1S/C32H41N3O7/c1-6-7-8-9-10-23-40-26-15-11-24(12-16-26)29(36)41-27-17-13-25(14-18-27)35(31(38)39)22-20-33-28(35)19-21-34(5)30(37)42-32(2,3)4/h11-18,20,22H,6-10,19,21,23H2,1-5H3. The molecule has 1 atom stereocenters. The van der Waals surface area contributed by atoms with Gasteiger partial charge >= 0.3 is 12.1 Å². The van der Waals surface area contributed by atoms with Crippen molar-refractivity contribution in [2.24, 2.45) is 4.99 Å². The van der Waals surface area contributed by atoms with Crippen LogP contribution in [0, 0.1) is 0 Å². The summed E-state index contributed by atoms with van der Waals surface area (Å²) in [6.45, 7) is 8.30. The van der Waals surface area contributed by atoms with E-state index in [4.69, 9.17) is 14.2 Å². The lowest BCUT2D eigenvalue weighted by Crippen LogP contribution is -2.59. The molecule has 226 valence electrons. The van der Waals surface area contributed by atoms with Gasteiger partial charge in [-0.15, -0.1) is 0 Å². The molecule has 0 fully saturated rings. The van der Waals surface area contributed by atoms with Gasteiger partial charge in [-0.1, -0.05) is 32.6 Å². The second-order valence-corrected chi connectivity index (χ2v) is 11.2. The lowest BCUT2D eigenvalue weighted by Gasteiger charge is -2.32. The van der Waals surface area contributed by atoms with Crippen LogP contribution in [0.2, 0.25) is 0 Å². The van der Waals surface area contributed by atoms with E-state index in [9.17, 15) is 19.5 Å².